The predicted octanol–water partition coefficient (Wildman–Crippen LogP) is 5.10. The number of rotatable bonds is 9. The smallest absolute Gasteiger partial charge is 0.254 e. The van der Waals surface area contributed by atoms with Crippen LogP contribution in [0, 0.1) is 0 Å². The van der Waals surface area contributed by atoms with Crippen LogP contribution in [0.15, 0.2) is 54.6 Å². The third kappa shape index (κ3) is 5.05. The van der Waals surface area contributed by atoms with Gasteiger partial charge in [0.2, 0.25) is 0 Å². The number of hydrogen-bond acceptors (Lipinski definition) is 6. The van der Waals surface area contributed by atoms with Gasteiger partial charge in [-0.05, 0) is 72.0 Å². The molecule has 4 rings (SSSR count). The van der Waals surface area contributed by atoms with Gasteiger partial charge in [-0.2, -0.15) is 0 Å². The molecule has 1 amide bonds. The van der Waals surface area contributed by atoms with E-state index in [0.717, 1.165) is 23.3 Å². The summed E-state index contributed by atoms with van der Waals surface area (Å²) < 4.78 is 28.1. The van der Waals surface area contributed by atoms with Crippen LogP contribution in [0.25, 0.3) is 0 Å². The lowest BCUT2D eigenvalue weighted by atomic mass is 9.91. The summed E-state index contributed by atoms with van der Waals surface area (Å²) >= 11 is 0. The maximum absolute atomic E-state index is 13.8. The van der Waals surface area contributed by atoms with Crippen LogP contribution in [0.3, 0.4) is 0 Å². The molecule has 1 aliphatic heterocycles. The zero-order valence-electron chi connectivity index (χ0n) is 21.5. The van der Waals surface area contributed by atoms with Gasteiger partial charge in [-0.3, -0.25) is 4.79 Å². The fraction of sp³-hybridized carbons (Fsp3) is 0.345. The Labute approximate surface area is 212 Å². The summed E-state index contributed by atoms with van der Waals surface area (Å²) in [6, 6.07) is 16.9. The monoisotopic (exact) mass is 491 g/mol. The van der Waals surface area contributed by atoms with Gasteiger partial charge in [0, 0.05) is 12.1 Å². The number of methoxy groups -OCH3 is 4. The first-order valence-electron chi connectivity index (χ1n) is 12.0. The molecule has 7 heteroatoms. The summed E-state index contributed by atoms with van der Waals surface area (Å²) in [5.74, 6) is 3.03. The van der Waals surface area contributed by atoms with Crippen LogP contribution in [0.5, 0.6) is 28.7 Å². The predicted molar refractivity (Wildman–Crippen MR) is 138 cm³/mol. The van der Waals surface area contributed by atoms with Crippen molar-refractivity contribution in [2.75, 3.05) is 41.6 Å². The van der Waals surface area contributed by atoms with Crippen molar-refractivity contribution in [2.24, 2.45) is 0 Å². The molecule has 0 saturated carbocycles. The van der Waals surface area contributed by atoms with Crippen molar-refractivity contribution in [3.8, 4) is 28.7 Å². The molecule has 3 aromatic carbocycles. The van der Waals surface area contributed by atoms with Gasteiger partial charge in [-0.25, -0.2) is 0 Å². The fourth-order valence-corrected chi connectivity index (χ4v) is 4.58. The van der Waals surface area contributed by atoms with E-state index in [4.69, 9.17) is 23.7 Å². The largest absolute Gasteiger partial charge is 0.493 e. The fourth-order valence-electron chi connectivity index (χ4n) is 4.58. The first-order valence-corrected chi connectivity index (χ1v) is 12.0. The minimum Gasteiger partial charge on any atom is -0.493 e. The van der Waals surface area contributed by atoms with E-state index in [1.807, 2.05) is 29.2 Å². The van der Waals surface area contributed by atoms with Gasteiger partial charge in [0.15, 0.2) is 23.0 Å². The van der Waals surface area contributed by atoms with Gasteiger partial charge in [-0.15, -0.1) is 0 Å². The van der Waals surface area contributed by atoms with E-state index in [2.05, 4.69) is 19.1 Å². The Hall–Kier alpha value is -3.87. The number of carbonyl (C=O) groups excluding carboxylic acids is 1. The molecule has 0 aromatic heterocycles. The molecule has 1 atom stereocenters. The van der Waals surface area contributed by atoms with Crippen molar-refractivity contribution in [2.45, 2.75) is 25.8 Å². The number of fused-ring (bicyclic) bond motifs is 1. The standard InChI is InChI=1S/C29H33NO6/c1-6-19-7-10-22(11-8-19)36-18-24-23-17-28(35-5)27(34-4)15-20(23)13-14-30(24)29(31)21-9-12-25(32-2)26(16-21)33-3/h7-12,15-17,24H,6,13-14,18H2,1-5H3/t24-/m1/s1. The van der Waals surface area contributed by atoms with Gasteiger partial charge < -0.3 is 28.6 Å². The normalized spacial score (nSPS) is 14.6. The van der Waals surface area contributed by atoms with Crippen molar-refractivity contribution in [3.63, 3.8) is 0 Å². The lowest BCUT2D eigenvalue weighted by Crippen LogP contribution is -2.42. The Balaban J connectivity index is 1.69. The first-order chi connectivity index (χ1) is 17.5. The SMILES string of the molecule is CCc1ccc(OC[C@@H]2c3cc(OC)c(OC)cc3CCN2C(=O)c2ccc(OC)c(OC)c2)cc1. The van der Waals surface area contributed by atoms with E-state index in [9.17, 15) is 4.79 Å². The number of ether oxygens (including phenoxy) is 5. The topological polar surface area (TPSA) is 66.5 Å². The molecule has 36 heavy (non-hydrogen) atoms. The molecule has 1 heterocycles. The van der Waals surface area contributed by atoms with Crippen LogP contribution in [-0.4, -0.2) is 52.4 Å². The Morgan fingerprint density at radius 2 is 1.47 bits per heavy atom. The molecule has 0 radical (unpaired) electrons. The summed E-state index contributed by atoms with van der Waals surface area (Å²) in [6.07, 6.45) is 1.65. The highest BCUT2D eigenvalue weighted by Gasteiger charge is 2.33. The summed E-state index contributed by atoms with van der Waals surface area (Å²) in [4.78, 5) is 15.6. The molecule has 0 saturated heterocycles. The van der Waals surface area contributed by atoms with Crippen LogP contribution in [0.4, 0.5) is 0 Å². The number of carbonyl (C=O) groups is 1. The number of hydrogen-bond donors (Lipinski definition) is 0. The second kappa shape index (κ2) is 11.2. The molecular weight excluding hydrogens is 458 g/mol. The van der Waals surface area contributed by atoms with Gasteiger partial charge in [0.05, 0.1) is 34.5 Å². The van der Waals surface area contributed by atoms with Crippen molar-refractivity contribution in [1.29, 1.82) is 0 Å². The first kappa shape index (κ1) is 25.2. The average molecular weight is 492 g/mol. The van der Waals surface area contributed by atoms with Crippen LogP contribution >= 0.6 is 0 Å². The number of benzene rings is 3. The average Bonchev–Trinajstić information content (AvgIpc) is 2.94. The van der Waals surface area contributed by atoms with Gasteiger partial charge >= 0.3 is 0 Å². The Morgan fingerprint density at radius 3 is 2.11 bits per heavy atom. The van der Waals surface area contributed by atoms with E-state index in [0.29, 0.717) is 48.1 Å². The highest BCUT2D eigenvalue weighted by Crippen LogP contribution is 2.39. The van der Waals surface area contributed by atoms with E-state index >= 15 is 0 Å². The molecule has 0 aliphatic carbocycles. The van der Waals surface area contributed by atoms with Gasteiger partial charge in [0.1, 0.15) is 12.4 Å². The highest BCUT2D eigenvalue weighted by atomic mass is 16.5. The lowest BCUT2D eigenvalue weighted by Gasteiger charge is -2.37. The molecule has 0 fully saturated rings. The lowest BCUT2D eigenvalue weighted by molar-refractivity contribution is 0.0589. The molecule has 0 bridgehead atoms. The molecule has 7 nitrogen and oxygen atoms in total. The maximum Gasteiger partial charge on any atom is 0.254 e. The van der Waals surface area contributed by atoms with E-state index in [-0.39, 0.29) is 11.9 Å². The minimum atomic E-state index is -0.319. The van der Waals surface area contributed by atoms with Crippen molar-refractivity contribution in [1.82, 2.24) is 4.90 Å². The quantitative estimate of drug-likeness (QED) is 0.415. The minimum absolute atomic E-state index is 0.105. The third-order valence-corrected chi connectivity index (χ3v) is 6.63. The molecule has 1 aliphatic rings. The van der Waals surface area contributed by atoms with Crippen LogP contribution in [0.2, 0.25) is 0 Å². The van der Waals surface area contributed by atoms with E-state index in [1.165, 1.54) is 5.56 Å². The summed E-state index contributed by atoms with van der Waals surface area (Å²) in [6.45, 7) is 2.96. The number of aryl methyl sites for hydroxylation is 1. The van der Waals surface area contributed by atoms with Crippen molar-refractivity contribution < 1.29 is 28.5 Å². The molecule has 0 N–H and O–H groups in total. The molecule has 190 valence electrons. The van der Waals surface area contributed by atoms with Crippen molar-refractivity contribution in [3.05, 3.63) is 76.9 Å². The molecule has 3 aromatic rings. The van der Waals surface area contributed by atoms with Crippen molar-refractivity contribution >= 4 is 5.91 Å². The van der Waals surface area contributed by atoms with Crippen LogP contribution in [-0.2, 0) is 12.8 Å². The van der Waals surface area contributed by atoms with E-state index in [1.54, 1.807) is 46.6 Å². The summed E-state index contributed by atoms with van der Waals surface area (Å²) in [5, 5.41) is 0. The van der Waals surface area contributed by atoms with Crippen LogP contribution in [0.1, 0.15) is 40.0 Å². The molecule has 0 spiro atoms. The second-order valence-electron chi connectivity index (χ2n) is 8.55. The Kier molecular flexibility index (Phi) is 7.88. The summed E-state index contributed by atoms with van der Waals surface area (Å²) in [5.41, 5.74) is 3.86. The maximum atomic E-state index is 13.8. The highest BCUT2D eigenvalue weighted by molar-refractivity contribution is 5.95. The Morgan fingerprint density at radius 1 is 0.833 bits per heavy atom. The number of nitrogens with zero attached hydrogens (tertiary/aromatic N) is 1. The zero-order chi connectivity index (χ0) is 25.7. The van der Waals surface area contributed by atoms with Crippen LogP contribution < -0.4 is 23.7 Å². The number of amides is 1. The molecular formula is C29H33NO6. The molecule has 0 unspecified atom stereocenters. The Bertz CT molecular complexity index is 1210. The third-order valence-electron chi connectivity index (χ3n) is 6.63. The summed E-state index contributed by atoms with van der Waals surface area (Å²) in [7, 11) is 6.37. The van der Waals surface area contributed by atoms with Gasteiger partial charge in [0.25, 0.3) is 5.91 Å². The zero-order valence-corrected chi connectivity index (χ0v) is 21.5. The second-order valence-corrected chi connectivity index (χ2v) is 8.55. The van der Waals surface area contributed by atoms with Gasteiger partial charge in [-0.1, -0.05) is 19.1 Å². The van der Waals surface area contributed by atoms with E-state index < -0.39 is 0 Å².